The fourth-order valence-electron chi connectivity index (χ4n) is 2.87. The highest BCUT2D eigenvalue weighted by Gasteiger charge is 2.11. The Hall–Kier alpha value is -2.29. The van der Waals surface area contributed by atoms with Crippen molar-refractivity contribution >= 4 is 11.0 Å². The lowest BCUT2D eigenvalue weighted by Crippen LogP contribution is -2.08. The van der Waals surface area contributed by atoms with Gasteiger partial charge < -0.3 is 9.30 Å². The summed E-state index contributed by atoms with van der Waals surface area (Å²) in [7, 11) is 0. The van der Waals surface area contributed by atoms with E-state index in [9.17, 15) is 0 Å². The van der Waals surface area contributed by atoms with E-state index in [2.05, 4.69) is 42.7 Å². The Balaban J connectivity index is 1.84. The number of rotatable bonds is 7. The smallest absolute Gasteiger partial charge is 0.147 e. The molecule has 3 aromatic rings. The van der Waals surface area contributed by atoms with E-state index >= 15 is 0 Å². The molecule has 0 saturated heterocycles. The molecule has 3 nitrogen and oxygen atoms in total. The number of aryl methyl sites for hydroxylation is 2. The first kappa shape index (κ1) is 15.6. The van der Waals surface area contributed by atoms with Gasteiger partial charge >= 0.3 is 0 Å². The summed E-state index contributed by atoms with van der Waals surface area (Å²) in [5.41, 5.74) is 3.40. The molecule has 1 aromatic heterocycles. The summed E-state index contributed by atoms with van der Waals surface area (Å²) >= 11 is 0. The molecule has 0 atom stereocenters. The normalized spacial score (nSPS) is 11.0. The molecule has 120 valence electrons. The van der Waals surface area contributed by atoms with Gasteiger partial charge in [-0.3, -0.25) is 0 Å². The topological polar surface area (TPSA) is 27.1 Å². The van der Waals surface area contributed by atoms with E-state index in [1.807, 2.05) is 24.3 Å². The van der Waals surface area contributed by atoms with Crippen LogP contribution in [-0.2, 0) is 13.2 Å². The van der Waals surface area contributed by atoms with Crippen LogP contribution in [0.2, 0.25) is 0 Å². The molecule has 0 fully saturated rings. The predicted molar refractivity (Wildman–Crippen MR) is 94.8 cm³/mol. The van der Waals surface area contributed by atoms with Gasteiger partial charge in [0.15, 0.2) is 0 Å². The van der Waals surface area contributed by atoms with Crippen molar-refractivity contribution in [1.29, 1.82) is 0 Å². The Morgan fingerprint density at radius 2 is 1.78 bits per heavy atom. The molecule has 0 spiro atoms. The molecule has 0 bridgehead atoms. The van der Waals surface area contributed by atoms with Crippen molar-refractivity contribution in [2.75, 3.05) is 0 Å². The lowest BCUT2D eigenvalue weighted by Gasteiger charge is -2.11. The highest BCUT2D eigenvalue weighted by molar-refractivity contribution is 5.75. The zero-order valence-electron chi connectivity index (χ0n) is 14.0. The Kier molecular flexibility index (Phi) is 4.96. The predicted octanol–water partition coefficient (Wildman–Crippen LogP) is 5.11. The number of ether oxygens (including phenoxy) is 1. The van der Waals surface area contributed by atoms with Gasteiger partial charge in [-0.1, -0.05) is 50.1 Å². The number of fused-ring (bicyclic) bond motifs is 1. The molecule has 0 saturated carbocycles. The van der Waals surface area contributed by atoms with Crippen LogP contribution >= 0.6 is 0 Å². The van der Waals surface area contributed by atoms with Crippen LogP contribution in [0.1, 0.15) is 37.6 Å². The quantitative estimate of drug-likeness (QED) is 0.567. The number of nitrogens with zero attached hydrogens (tertiary/aromatic N) is 2. The van der Waals surface area contributed by atoms with Gasteiger partial charge in [0.25, 0.3) is 0 Å². The monoisotopic (exact) mass is 308 g/mol. The minimum atomic E-state index is 0.506. The average molecular weight is 308 g/mol. The van der Waals surface area contributed by atoms with Crippen molar-refractivity contribution in [2.24, 2.45) is 0 Å². The van der Waals surface area contributed by atoms with Gasteiger partial charge in [0, 0.05) is 6.54 Å². The van der Waals surface area contributed by atoms with Crippen LogP contribution in [-0.4, -0.2) is 9.55 Å². The van der Waals surface area contributed by atoms with Gasteiger partial charge in [-0.2, -0.15) is 0 Å². The van der Waals surface area contributed by atoms with Crippen molar-refractivity contribution in [3.05, 3.63) is 59.9 Å². The molecule has 0 unspecified atom stereocenters. The molecule has 0 aliphatic heterocycles. The largest absolute Gasteiger partial charge is 0.485 e. The van der Waals surface area contributed by atoms with Crippen LogP contribution in [0, 0.1) is 6.92 Å². The first-order valence-corrected chi connectivity index (χ1v) is 8.42. The van der Waals surface area contributed by atoms with E-state index in [1.54, 1.807) is 0 Å². The molecular formula is C20H24N2O. The van der Waals surface area contributed by atoms with Crippen LogP contribution in [0.5, 0.6) is 5.75 Å². The number of imidazole rings is 1. The third kappa shape index (κ3) is 3.55. The van der Waals surface area contributed by atoms with E-state index in [4.69, 9.17) is 9.72 Å². The average Bonchev–Trinajstić information content (AvgIpc) is 2.92. The van der Waals surface area contributed by atoms with Crippen LogP contribution in [0.4, 0.5) is 0 Å². The van der Waals surface area contributed by atoms with Crippen molar-refractivity contribution < 1.29 is 4.74 Å². The maximum Gasteiger partial charge on any atom is 0.147 e. The number of unbranched alkanes of at least 4 members (excludes halogenated alkanes) is 2. The summed E-state index contributed by atoms with van der Waals surface area (Å²) in [4.78, 5) is 4.77. The number of hydrogen-bond donors (Lipinski definition) is 0. The molecule has 23 heavy (non-hydrogen) atoms. The molecular weight excluding hydrogens is 284 g/mol. The first-order chi connectivity index (χ1) is 11.3. The maximum absolute atomic E-state index is 6.02. The number of hydrogen-bond acceptors (Lipinski definition) is 2. The molecule has 0 amide bonds. The summed E-state index contributed by atoms with van der Waals surface area (Å²) in [5.74, 6) is 1.94. The number of para-hydroxylation sites is 3. The molecule has 3 rings (SSSR count). The summed E-state index contributed by atoms with van der Waals surface area (Å²) in [6, 6.07) is 16.5. The minimum Gasteiger partial charge on any atom is -0.485 e. The van der Waals surface area contributed by atoms with Gasteiger partial charge in [-0.05, 0) is 37.1 Å². The Morgan fingerprint density at radius 3 is 2.61 bits per heavy atom. The van der Waals surface area contributed by atoms with Gasteiger partial charge in [0.05, 0.1) is 11.0 Å². The van der Waals surface area contributed by atoms with E-state index in [0.717, 1.165) is 29.2 Å². The highest BCUT2D eigenvalue weighted by atomic mass is 16.5. The second-order valence-corrected chi connectivity index (χ2v) is 5.93. The first-order valence-electron chi connectivity index (χ1n) is 8.42. The summed E-state index contributed by atoms with van der Waals surface area (Å²) in [6.45, 7) is 5.81. The molecule has 0 N–H and O–H groups in total. The van der Waals surface area contributed by atoms with Crippen molar-refractivity contribution in [3.63, 3.8) is 0 Å². The molecule has 0 aliphatic carbocycles. The molecule has 0 aliphatic rings. The molecule has 2 aromatic carbocycles. The van der Waals surface area contributed by atoms with Gasteiger partial charge in [-0.15, -0.1) is 0 Å². The van der Waals surface area contributed by atoms with Crippen molar-refractivity contribution in [3.8, 4) is 5.75 Å². The van der Waals surface area contributed by atoms with E-state index in [0.29, 0.717) is 6.61 Å². The maximum atomic E-state index is 6.02. The molecule has 1 heterocycles. The third-order valence-electron chi connectivity index (χ3n) is 4.17. The van der Waals surface area contributed by atoms with Crippen LogP contribution in [0.25, 0.3) is 11.0 Å². The van der Waals surface area contributed by atoms with E-state index in [1.165, 1.54) is 24.8 Å². The number of aromatic nitrogens is 2. The Morgan fingerprint density at radius 1 is 1.00 bits per heavy atom. The summed E-state index contributed by atoms with van der Waals surface area (Å²) in [6.07, 6.45) is 3.64. The van der Waals surface area contributed by atoms with Gasteiger partial charge in [0.1, 0.15) is 18.2 Å². The second kappa shape index (κ2) is 7.32. The van der Waals surface area contributed by atoms with Gasteiger partial charge in [0.2, 0.25) is 0 Å². The zero-order valence-corrected chi connectivity index (χ0v) is 14.0. The second-order valence-electron chi connectivity index (χ2n) is 5.93. The summed E-state index contributed by atoms with van der Waals surface area (Å²) < 4.78 is 8.32. The lowest BCUT2D eigenvalue weighted by atomic mass is 10.2. The molecule has 0 radical (unpaired) electrons. The van der Waals surface area contributed by atoms with Crippen LogP contribution in [0.3, 0.4) is 0 Å². The highest BCUT2D eigenvalue weighted by Crippen LogP contribution is 2.21. The van der Waals surface area contributed by atoms with Crippen LogP contribution in [0.15, 0.2) is 48.5 Å². The van der Waals surface area contributed by atoms with Crippen molar-refractivity contribution in [2.45, 2.75) is 46.3 Å². The summed E-state index contributed by atoms with van der Waals surface area (Å²) in [5, 5.41) is 0. The fraction of sp³-hybridized carbons (Fsp3) is 0.350. The number of benzene rings is 2. The van der Waals surface area contributed by atoms with Gasteiger partial charge in [-0.25, -0.2) is 4.98 Å². The van der Waals surface area contributed by atoms with Crippen LogP contribution < -0.4 is 4.74 Å². The Bertz CT molecular complexity index is 776. The third-order valence-corrected chi connectivity index (χ3v) is 4.17. The van der Waals surface area contributed by atoms with Crippen molar-refractivity contribution in [1.82, 2.24) is 9.55 Å². The fourth-order valence-corrected chi connectivity index (χ4v) is 2.87. The lowest BCUT2D eigenvalue weighted by molar-refractivity contribution is 0.287. The SMILES string of the molecule is CCCCCn1c(COc2ccccc2C)nc2ccccc21. The molecule has 3 heteroatoms. The Labute approximate surface area is 137 Å². The standard InChI is InChI=1S/C20H24N2O/c1-3-4-9-14-22-18-12-7-6-11-17(18)21-20(22)15-23-19-13-8-5-10-16(19)2/h5-8,10-13H,3-4,9,14-15H2,1-2H3. The minimum absolute atomic E-state index is 0.506. The van der Waals surface area contributed by atoms with E-state index < -0.39 is 0 Å². The zero-order chi connectivity index (χ0) is 16.1. The van der Waals surface area contributed by atoms with E-state index in [-0.39, 0.29) is 0 Å².